The lowest BCUT2D eigenvalue weighted by atomic mass is 9.74. The average molecular weight is 239 g/mol. The fraction of sp³-hybridized carbons (Fsp3) is 0.846. The lowest BCUT2D eigenvalue weighted by Gasteiger charge is -2.48. The first-order valence-electron chi connectivity index (χ1n) is 6.67. The molecule has 4 nitrogen and oxygen atoms in total. The predicted molar refractivity (Wildman–Crippen MR) is 69.3 cm³/mol. The molecule has 2 aliphatic rings. The van der Waals surface area contributed by atoms with E-state index in [0.29, 0.717) is 0 Å². The molecular weight excluding hydrogens is 214 g/mol. The van der Waals surface area contributed by atoms with Crippen LogP contribution in [0.25, 0.3) is 0 Å². The van der Waals surface area contributed by atoms with Crippen LogP contribution in [-0.2, 0) is 4.74 Å². The Kier molecular flexibility index (Phi) is 4.07. The summed E-state index contributed by atoms with van der Waals surface area (Å²) in [4.78, 5) is 2.33. The third kappa shape index (κ3) is 2.34. The topological polar surface area (TPSA) is 50.5 Å². The summed E-state index contributed by atoms with van der Waals surface area (Å²) in [6, 6.07) is 0.125. The maximum absolute atomic E-state index is 5.81. The summed E-state index contributed by atoms with van der Waals surface area (Å²) in [5.74, 6) is 6.85. The molecule has 1 atom stereocenters. The Hall–Kier alpha value is -0.580. The van der Waals surface area contributed by atoms with Crippen LogP contribution in [0.15, 0.2) is 11.8 Å². The molecule has 0 spiro atoms. The van der Waals surface area contributed by atoms with Crippen molar-refractivity contribution in [1.82, 2.24) is 10.3 Å². The van der Waals surface area contributed by atoms with Gasteiger partial charge in [0.1, 0.15) is 5.76 Å². The lowest BCUT2D eigenvalue weighted by Crippen LogP contribution is -2.62. The Balaban J connectivity index is 2.23. The SMILES string of the molecule is CN(C)C1(C(NN)C2=CCCO2)CCCCC1. The van der Waals surface area contributed by atoms with E-state index in [1.54, 1.807) is 0 Å². The van der Waals surface area contributed by atoms with E-state index in [4.69, 9.17) is 10.6 Å². The molecule has 1 saturated carbocycles. The minimum absolute atomic E-state index is 0.114. The van der Waals surface area contributed by atoms with Gasteiger partial charge in [0.2, 0.25) is 0 Å². The molecule has 2 rings (SSSR count). The van der Waals surface area contributed by atoms with Crippen LogP contribution < -0.4 is 11.3 Å². The van der Waals surface area contributed by atoms with Crippen LogP contribution in [-0.4, -0.2) is 37.2 Å². The van der Waals surface area contributed by atoms with Gasteiger partial charge in [-0.15, -0.1) is 0 Å². The molecule has 1 fully saturated rings. The van der Waals surface area contributed by atoms with Gasteiger partial charge in [-0.1, -0.05) is 19.3 Å². The lowest BCUT2D eigenvalue weighted by molar-refractivity contribution is 0.0463. The molecule has 0 aromatic rings. The van der Waals surface area contributed by atoms with Gasteiger partial charge in [-0.05, 0) is 33.0 Å². The molecule has 0 bridgehead atoms. The predicted octanol–water partition coefficient (Wildman–Crippen LogP) is 1.39. The summed E-state index contributed by atoms with van der Waals surface area (Å²) in [6.07, 6.45) is 9.48. The van der Waals surface area contributed by atoms with E-state index in [0.717, 1.165) is 18.8 Å². The van der Waals surface area contributed by atoms with Crippen molar-refractivity contribution in [1.29, 1.82) is 0 Å². The van der Waals surface area contributed by atoms with E-state index in [2.05, 4.69) is 30.5 Å². The molecule has 1 aliphatic heterocycles. The van der Waals surface area contributed by atoms with Crippen molar-refractivity contribution in [3.8, 4) is 0 Å². The summed E-state index contributed by atoms with van der Waals surface area (Å²) in [5, 5.41) is 0. The van der Waals surface area contributed by atoms with Crippen molar-refractivity contribution in [2.45, 2.75) is 50.1 Å². The van der Waals surface area contributed by atoms with E-state index in [-0.39, 0.29) is 11.6 Å². The maximum Gasteiger partial charge on any atom is 0.112 e. The molecule has 17 heavy (non-hydrogen) atoms. The second kappa shape index (κ2) is 5.38. The number of nitrogens with two attached hydrogens (primary N) is 1. The molecule has 0 aromatic heterocycles. The van der Waals surface area contributed by atoms with Gasteiger partial charge >= 0.3 is 0 Å². The van der Waals surface area contributed by atoms with Crippen LogP contribution in [0.1, 0.15) is 38.5 Å². The van der Waals surface area contributed by atoms with Gasteiger partial charge in [-0.25, -0.2) is 5.43 Å². The van der Waals surface area contributed by atoms with E-state index in [1.165, 1.54) is 32.1 Å². The summed E-state index contributed by atoms with van der Waals surface area (Å²) >= 11 is 0. The number of nitrogens with one attached hydrogen (secondary N) is 1. The number of nitrogens with zero attached hydrogens (tertiary/aromatic N) is 1. The zero-order valence-corrected chi connectivity index (χ0v) is 11.0. The molecule has 0 aromatic carbocycles. The zero-order chi connectivity index (χ0) is 12.3. The fourth-order valence-corrected chi connectivity index (χ4v) is 3.30. The first-order chi connectivity index (χ1) is 8.20. The van der Waals surface area contributed by atoms with Crippen molar-refractivity contribution < 1.29 is 4.74 Å². The van der Waals surface area contributed by atoms with Crippen LogP contribution in [0.5, 0.6) is 0 Å². The van der Waals surface area contributed by atoms with Gasteiger partial charge in [-0.2, -0.15) is 0 Å². The van der Waals surface area contributed by atoms with Crippen LogP contribution in [0.2, 0.25) is 0 Å². The minimum atomic E-state index is 0.114. The Labute approximate surface area is 104 Å². The Morgan fingerprint density at radius 3 is 2.53 bits per heavy atom. The normalized spacial score (nSPS) is 25.5. The Morgan fingerprint density at radius 1 is 1.35 bits per heavy atom. The van der Waals surface area contributed by atoms with E-state index in [9.17, 15) is 0 Å². The van der Waals surface area contributed by atoms with Crippen molar-refractivity contribution >= 4 is 0 Å². The number of ether oxygens (including phenoxy) is 1. The number of hydrogen-bond acceptors (Lipinski definition) is 4. The quantitative estimate of drug-likeness (QED) is 0.575. The van der Waals surface area contributed by atoms with Crippen LogP contribution in [0.4, 0.5) is 0 Å². The number of rotatable bonds is 4. The minimum Gasteiger partial charge on any atom is -0.496 e. The number of hydrazine groups is 1. The highest BCUT2D eigenvalue weighted by molar-refractivity contribution is 5.17. The Morgan fingerprint density at radius 2 is 2.06 bits per heavy atom. The molecule has 1 aliphatic carbocycles. The molecular formula is C13H25N3O. The second-order valence-electron chi connectivity index (χ2n) is 5.40. The molecule has 0 saturated heterocycles. The van der Waals surface area contributed by atoms with Crippen LogP contribution in [0.3, 0.4) is 0 Å². The zero-order valence-electron chi connectivity index (χ0n) is 11.0. The van der Waals surface area contributed by atoms with Crippen molar-refractivity contribution in [3.05, 3.63) is 11.8 Å². The van der Waals surface area contributed by atoms with Crippen molar-refractivity contribution in [3.63, 3.8) is 0 Å². The highest BCUT2D eigenvalue weighted by atomic mass is 16.5. The van der Waals surface area contributed by atoms with Gasteiger partial charge in [0.05, 0.1) is 12.6 Å². The van der Waals surface area contributed by atoms with E-state index < -0.39 is 0 Å². The van der Waals surface area contributed by atoms with Gasteiger partial charge in [-0.3, -0.25) is 5.84 Å². The molecule has 3 N–H and O–H groups in total. The Bertz CT molecular complexity index is 282. The first kappa shape index (κ1) is 12.9. The molecule has 1 unspecified atom stereocenters. The smallest absolute Gasteiger partial charge is 0.112 e. The van der Waals surface area contributed by atoms with Crippen LogP contribution >= 0.6 is 0 Å². The highest BCUT2D eigenvalue weighted by Gasteiger charge is 2.44. The van der Waals surface area contributed by atoms with Gasteiger partial charge < -0.3 is 9.64 Å². The van der Waals surface area contributed by atoms with E-state index in [1.807, 2.05) is 0 Å². The van der Waals surface area contributed by atoms with Crippen LogP contribution in [0, 0.1) is 0 Å². The number of hydrogen-bond donors (Lipinski definition) is 2. The van der Waals surface area contributed by atoms with Crippen molar-refractivity contribution in [2.24, 2.45) is 5.84 Å². The van der Waals surface area contributed by atoms with Gasteiger partial charge in [0.15, 0.2) is 0 Å². The molecule has 0 radical (unpaired) electrons. The molecule has 1 heterocycles. The first-order valence-corrected chi connectivity index (χ1v) is 6.67. The average Bonchev–Trinajstić information content (AvgIpc) is 2.84. The standard InChI is InChI=1S/C13H25N3O/c1-16(2)13(8-4-3-5-9-13)12(15-14)11-7-6-10-17-11/h7,12,15H,3-6,8-10,14H2,1-2H3. The highest BCUT2D eigenvalue weighted by Crippen LogP contribution is 2.38. The van der Waals surface area contributed by atoms with Gasteiger partial charge in [0.25, 0.3) is 0 Å². The second-order valence-corrected chi connectivity index (χ2v) is 5.40. The summed E-state index contributed by atoms with van der Waals surface area (Å²) in [6.45, 7) is 0.803. The molecule has 98 valence electrons. The van der Waals surface area contributed by atoms with Crippen molar-refractivity contribution in [2.75, 3.05) is 20.7 Å². The largest absolute Gasteiger partial charge is 0.496 e. The third-order valence-electron chi connectivity index (χ3n) is 4.33. The fourth-order valence-electron chi connectivity index (χ4n) is 3.30. The monoisotopic (exact) mass is 239 g/mol. The summed E-state index contributed by atoms with van der Waals surface area (Å²) < 4.78 is 5.73. The molecule has 0 amide bonds. The van der Waals surface area contributed by atoms with Gasteiger partial charge in [0, 0.05) is 12.0 Å². The number of likely N-dealkylation sites (N-methyl/N-ethyl adjacent to an activating group) is 1. The maximum atomic E-state index is 5.81. The molecule has 4 heteroatoms. The third-order valence-corrected chi connectivity index (χ3v) is 4.33. The summed E-state index contributed by atoms with van der Waals surface area (Å²) in [7, 11) is 4.32. The van der Waals surface area contributed by atoms with E-state index >= 15 is 0 Å². The summed E-state index contributed by atoms with van der Waals surface area (Å²) in [5.41, 5.74) is 3.12.